The molecular formula is C10H14N2O3. The van der Waals surface area contributed by atoms with Crippen LogP contribution in [0.15, 0.2) is 4.52 Å². The maximum Gasteiger partial charge on any atom is 0.308 e. The molecule has 0 aromatic carbocycles. The lowest BCUT2D eigenvalue weighted by molar-refractivity contribution is -0.136. The van der Waals surface area contributed by atoms with E-state index in [9.17, 15) is 4.79 Å². The van der Waals surface area contributed by atoms with Crippen LogP contribution in [0.25, 0.3) is 0 Å². The van der Waals surface area contributed by atoms with Crippen LogP contribution >= 0.6 is 0 Å². The molecule has 0 saturated heterocycles. The fraction of sp³-hybridized carbons (Fsp3) is 0.600. The molecule has 0 atom stereocenters. The number of carboxylic acid groups (broad SMARTS) is 1. The first-order valence-corrected chi connectivity index (χ1v) is 5.14. The topological polar surface area (TPSA) is 89.4 Å². The van der Waals surface area contributed by atoms with Crippen molar-refractivity contribution in [2.75, 3.05) is 5.73 Å². The minimum Gasteiger partial charge on any atom is -0.481 e. The van der Waals surface area contributed by atoms with E-state index in [-0.39, 0.29) is 12.3 Å². The highest BCUT2D eigenvalue weighted by atomic mass is 16.5. The third-order valence-corrected chi connectivity index (χ3v) is 2.92. The number of nitrogens with zero attached hydrogens (tertiary/aromatic N) is 1. The molecule has 1 aromatic rings. The lowest BCUT2D eigenvalue weighted by Crippen LogP contribution is -2.06. The van der Waals surface area contributed by atoms with Crippen LogP contribution in [0.5, 0.6) is 0 Å². The van der Waals surface area contributed by atoms with Gasteiger partial charge in [0, 0.05) is 5.92 Å². The van der Waals surface area contributed by atoms with E-state index in [4.69, 9.17) is 15.4 Å². The van der Waals surface area contributed by atoms with Crippen molar-refractivity contribution in [2.45, 2.75) is 38.0 Å². The normalized spacial score (nSPS) is 17.1. The summed E-state index contributed by atoms with van der Waals surface area (Å²) in [6, 6.07) is 0. The highest BCUT2D eigenvalue weighted by Crippen LogP contribution is 2.36. The molecule has 5 nitrogen and oxygen atoms in total. The van der Waals surface area contributed by atoms with Gasteiger partial charge in [0.15, 0.2) is 0 Å². The second-order valence-electron chi connectivity index (χ2n) is 3.96. The molecule has 1 saturated carbocycles. The number of hydrogen-bond donors (Lipinski definition) is 2. The van der Waals surface area contributed by atoms with E-state index < -0.39 is 5.97 Å². The summed E-state index contributed by atoms with van der Waals surface area (Å²) in [5.74, 6) is -0.413. The number of rotatable bonds is 3. The molecule has 3 N–H and O–H groups in total. The third-order valence-electron chi connectivity index (χ3n) is 2.92. The Kier molecular flexibility index (Phi) is 2.62. The highest BCUT2D eigenvalue weighted by Gasteiger charge is 2.26. The van der Waals surface area contributed by atoms with Gasteiger partial charge in [0.1, 0.15) is 0 Å². The molecule has 2 rings (SSSR count). The maximum absolute atomic E-state index is 10.7. The minimum absolute atomic E-state index is 0.0961. The van der Waals surface area contributed by atoms with E-state index in [1.807, 2.05) is 0 Å². The Morgan fingerprint density at radius 2 is 2.20 bits per heavy atom. The molecule has 1 aliphatic rings. The van der Waals surface area contributed by atoms with Crippen LogP contribution < -0.4 is 5.73 Å². The fourth-order valence-corrected chi connectivity index (χ4v) is 2.18. The van der Waals surface area contributed by atoms with Crippen LogP contribution in [-0.2, 0) is 11.2 Å². The molecule has 1 fully saturated rings. The highest BCUT2D eigenvalue weighted by molar-refractivity contribution is 5.72. The number of carboxylic acids is 1. The van der Waals surface area contributed by atoms with Gasteiger partial charge in [-0.3, -0.25) is 4.79 Å². The van der Waals surface area contributed by atoms with Crippen molar-refractivity contribution in [2.24, 2.45) is 0 Å². The Morgan fingerprint density at radius 1 is 1.53 bits per heavy atom. The Balaban J connectivity index is 2.25. The van der Waals surface area contributed by atoms with Crippen LogP contribution in [0, 0.1) is 0 Å². The molecule has 1 aliphatic carbocycles. The van der Waals surface area contributed by atoms with E-state index in [1.165, 1.54) is 12.8 Å². The summed E-state index contributed by atoms with van der Waals surface area (Å²) < 4.78 is 4.87. The van der Waals surface area contributed by atoms with Crippen molar-refractivity contribution in [3.05, 3.63) is 11.3 Å². The molecule has 0 aliphatic heterocycles. The number of aliphatic carboxylic acids is 1. The van der Waals surface area contributed by atoms with Gasteiger partial charge in [0.05, 0.1) is 17.7 Å². The zero-order valence-corrected chi connectivity index (χ0v) is 8.40. The molecule has 82 valence electrons. The molecule has 5 heteroatoms. The Hall–Kier alpha value is -1.52. The molecule has 1 heterocycles. The number of nitrogen functional groups attached to an aromatic ring is 1. The minimum atomic E-state index is -0.899. The smallest absolute Gasteiger partial charge is 0.308 e. The van der Waals surface area contributed by atoms with Gasteiger partial charge in [-0.15, -0.1) is 0 Å². The van der Waals surface area contributed by atoms with E-state index in [1.54, 1.807) is 0 Å². The summed E-state index contributed by atoms with van der Waals surface area (Å²) in [5, 5.41) is 12.6. The Labute approximate surface area is 87.2 Å². The van der Waals surface area contributed by atoms with Crippen molar-refractivity contribution in [3.63, 3.8) is 0 Å². The third kappa shape index (κ3) is 1.95. The summed E-state index contributed by atoms with van der Waals surface area (Å²) in [4.78, 5) is 10.7. The first-order chi connectivity index (χ1) is 7.18. The van der Waals surface area contributed by atoms with Gasteiger partial charge in [0.25, 0.3) is 0 Å². The van der Waals surface area contributed by atoms with Crippen molar-refractivity contribution in [3.8, 4) is 0 Å². The summed E-state index contributed by atoms with van der Waals surface area (Å²) in [6.07, 6.45) is 4.35. The first-order valence-electron chi connectivity index (χ1n) is 5.14. The predicted octanol–water partition coefficient (Wildman–Crippen LogP) is 1.54. The number of carbonyl (C=O) groups is 1. The molecular weight excluding hydrogens is 196 g/mol. The van der Waals surface area contributed by atoms with E-state index in [0.717, 1.165) is 18.5 Å². The predicted molar refractivity (Wildman–Crippen MR) is 53.5 cm³/mol. The van der Waals surface area contributed by atoms with Crippen LogP contribution in [0.4, 0.5) is 5.88 Å². The number of hydrogen-bond acceptors (Lipinski definition) is 4. The number of nitrogens with two attached hydrogens (primary N) is 1. The second kappa shape index (κ2) is 3.92. The van der Waals surface area contributed by atoms with Gasteiger partial charge in [-0.1, -0.05) is 18.0 Å². The molecule has 0 unspecified atom stereocenters. The van der Waals surface area contributed by atoms with E-state index in [2.05, 4.69) is 5.16 Å². The molecule has 15 heavy (non-hydrogen) atoms. The van der Waals surface area contributed by atoms with Gasteiger partial charge in [-0.25, -0.2) is 0 Å². The van der Waals surface area contributed by atoms with Crippen molar-refractivity contribution >= 4 is 11.9 Å². The molecule has 0 spiro atoms. The first kappa shape index (κ1) is 10.0. The summed E-state index contributed by atoms with van der Waals surface area (Å²) in [7, 11) is 0. The van der Waals surface area contributed by atoms with Crippen molar-refractivity contribution in [1.29, 1.82) is 0 Å². The van der Waals surface area contributed by atoms with Crippen molar-refractivity contribution in [1.82, 2.24) is 5.16 Å². The van der Waals surface area contributed by atoms with Gasteiger partial charge in [-0.2, -0.15) is 0 Å². The van der Waals surface area contributed by atoms with Gasteiger partial charge >= 0.3 is 5.97 Å². The number of anilines is 1. The van der Waals surface area contributed by atoms with Crippen LogP contribution in [0.1, 0.15) is 42.9 Å². The zero-order valence-electron chi connectivity index (χ0n) is 8.40. The van der Waals surface area contributed by atoms with Crippen molar-refractivity contribution < 1.29 is 14.4 Å². The molecule has 0 radical (unpaired) electrons. The average molecular weight is 210 g/mol. The van der Waals surface area contributed by atoms with Crippen LogP contribution in [-0.4, -0.2) is 16.2 Å². The lowest BCUT2D eigenvalue weighted by atomic mass is 9.98. The second-order valence-corrected chi connectivity index (χ2v) is 3.96. The van der Waals surface area contributed by atoms with Crippen LogP contribution in [0.2, 0.25) is 0 Å². The molecule has 0 amide bonds. The Morgan fingerprint density at radius 3 is 2.80 bits per heavy atom. The molecule has 0 bridgehead atoms. The summed E-state index contributed by atoms with van der Waals surface area (Å²) in [6.45, 7) is 0. The zero-order chi connectivity index (χ0) is 10.8. The summed E-state index contributed by atoms with van der Waals surface area (Å²) >= 11 is 0. The fourth-order valence-electron chi connectivity index (χ4n) is 2.18. The van der Waals surface area contributed by atoms with E-state index >= 15 is 0 Å². The molecule has 1 aromatic heterocycles. The standard InChI is InChI=1S/C10H14N2O3/c11-10-7(5-8(13)14)9(12-15-10)6-3-1-2-4-6/h6H,1-5,11H2,(H,13,14). The number of aromatic nitrogens is 1. The van der Waals surface area contributed by atoms with Gasteiger partial charge in [-0.05, 0) is 12.8 Å². The van der Waals surface area contributed by atoms with Gasteiger partial charge < -0.3 is 15.4 Å². The monoisotopic (exact) mass is 210 g/mol. The van der Waals surface area contributed by atoms with Gasteiger partial charge in [0.2, 0.25) is 5.88 Å². The lowest BCUT2D eigenvalue weighted by Gasteiger charge is -2.05. The average Bonchev–Trinajstić information content (AvgIpc) is 2.76. The quantitative estimate of drug-likeness (QED) is 0.789. The maximum atomic E-state index is 10.7. The Bertz CT molecular complexity index is 367. The van der Waals surface area contributed by atoms with E-state index in [0.29, 0.717) is 11.5 Å². The largest absolute Gasteiger partial charge is 0.481 e. The van der Waals surface area contributed by atoms with Crippen LogP contribution in [0.3, 0.4) is 0 Å². The summed E-state index contributed by atoms with van der Waals surface area (Å²) in [5.41, 5.74) is 6.89. The SMILES string of the molecule is Nc1onc(C2CCCC2)c1CC(=O)O.